The molecule has 33 heavy (non-hydrogen) atoms. The second-order valence-electron chi connectivity index (χ2n) is 9.59. The summed E-state index contributed by atoms with van der Waals surface area (Å²) in [6.45, 7) is 5.62. The second kappa shape index (κ2) is 8.10. The second-order valence-corrected chi connectivity index (χ2v) is 9.59. The third-order valence-corrected chi connectivity index (χ3v) is 6.08. The molecule has 2 atom stereocenters. The highest BCUT2D eigenvalue weighted by molar-refractivity contribution is 5.84. The summed E-state index contributed by atoms with van der Waals surface area (Å²) in [4.78, 5) is 25.2. The number of alkyl carbamates (subject to hydrolysis) is 1. The molecule has 8 heteroatoms. The molecule has 0 unspecified atom stereocenters. The van der Waals surface area contributed by atoms with Crippen molar-refractivity contribution in [2.24, 2.45) is 0 Å². The van der Waals surface area contributed by atoms with E-state index >= 15 is 0 Å². The number of nitrogens with zero attached hydrogens (tertiary/aromatic N) is 3. The van der Waals surface area contributed by atoms with Crippen molar-refractivity contribution in [2.45, 2.75) is 57.6 Å². The van der Waals surface area contributed by atoms with E-state index in [1.54, 1.807) is 7.11 Å². The third-order valence-electron chi connectivity index (χ3n) is 6.08. The van der Waals surface area contributed by atoms with Gasteiger partial charge in [0.1, 0.15) is 17.2 Å². The van der Waals surface area contributed by atoms with Gasteiger partial charge in [0.05, 0.1) is 30.0 Å². The van der Waals surface area contributed by atoms with Crippen molar-refractivity contribution in [1.82, 2.24) is 24.7 Å². The van der Waals surface area contributed by atoms with Crippen LogP contribution in [0.3, 0.4) is 0 Å². The molecule has 0 spiro atoms. The number of amides is 1. The van der Waals surface area contributed by atoms with E-state index in [0.717, 1.165) is 58.8 Å². The Balaban J connectivity index is 1.50. The summed E-state index contributed by atoms with van der Waals surface area (Å²) >= 11 is 0. The van der Waals surface area contributed by atoms with Crippen LogP contribution in [-0.2, 0) is 4.74 Å². The number of rotatable bonds is 4. The number of H-pyrrole nitrogens is 1. The van der Waals surface area contributed by atoms with Gasteiger partial charge in [-0.1, -0.05) is 0 Å². The Morgan fingerprint density at radius 2 is 1.94 bits per heavy atom. The van der Waals surface area contributed by atoms with Crippen LogP contribution in [0.1, 0.15) is 51.8 Å². The number of ether oxygens (including phenoxy) is 2. The van der Waals surface area contributed by atoms with E-state index in [2.05, 4.69) is 19.7 Å². The average Bonchev–Trinajstić information content (AvgIpc) is 3.49. The predicted molar refractivity (Wildman–Crippen MR) is 127 cm³/mol. The molecule has 1 saturated carbocycles. The Morgan fingerprint density at radius 3 is 2.67 bits per heavy atom. The maximum atomic E-state index is 12.3. The van der Waals surface area contributed by atoms with Crippen molar-refractivity contribution in [2.75, 3.05) is 7.11 Å². The summed E-state index contributed by atoms with van der Waals surface area (Å²) in [6, 6.07) is 10.0. The number of aromatic amines is 1. The summed E-state index contributed by atoms with van der Waals surface area (Å²) in [6.07, 6.45) is 6.05. The Labute approximate surface area is 192 Å². The predicted octanol–water partition coefficient (Wildman–Crippen LogP) is 5.05. The summed E-state index contributed by atoms with van der Waals surface area (Å²) in [7, 11) is 1.66. The molecule has 0 aliphatic heterocycles. The molecule has 5 rings (SSSR count). The molecule has 1 aliphatic carbocycles. The molecular weight excluding hydrogens is 418 g/mol. The van der Waals surface area contributed by atoms with Crippen LogP contribution in [0.5, 0.6) is 5.75 Å². The third kappa shape index (κ3) is 4.13. The van der Waals surface area contributed by atoms with E-state index in [4.69, 9.17) is 14.5 Å². The SMILES string of the molecule is COc1ccc(-c2nc([C@@H]3CC[C@H](NC(=O)OC(C)(C)C)C3)n3c2cnc2[nH]ccc23)cc1. The van der Waals surface area contributed by atoms with Crippen molar-refractivity contribution in [3.8, 4) is 17.0 Å². The largest absolute Gasteiger partial charge is 0.497 e. The van der Waals surface area contributed by atoms with Crippen LogP contribution in [-0.4, -0.2) is 44.2 Å². The lowest BCUT2D eigenvalue weighted by atomic mass is 10.1. The minimum atomic E-state index is -0.512. The monoisotopic (exact) mass is 447 g/mol. The first-order valence-corrected chi connectivity index (χ1v) is 11.3. The smallest absolute Gasteiger partial charge is 0.407 e. The van der Waals surface area contributed by atoms with Crippen molar-refractivity contribution in [3.05, 3.63) is 48.5 Å². The van der Waals surface area contributed by atoms with Crippen molar-refractivity contribution in [1.29, 1.82) is 0 Å². The number of hydrogen-bond acceptors (Lipinski definition) is 5. The Morgan fingerprint density at radius 1 is 1.15 bits per heavy atom. The standard InChI is InChI=1S/C25H29N5O3/c1-25(2,3)33-24(31)28-17-8-5-16(13-17)23-29-21(15-6-9-18(32-4)10-7-15)20-14-27-22-19(30(20)23)11-12-26-22/h6-7,9-12,14,16-17,26H,5,8,13H2,1-4H3,(H,28,31)/t16-,17+/m1/s1. The normalized spacial score (nSPS) is 18.7. The highest BCUT2D eigenvalue weighted by atomic mass is 16.6. The van der Waals surface area contributed by atoms with Gasteiger partial charge in [0.2, 0.25) is 0 Å². The first kappa shape index (κ1) is 21.3. The average molecular weight is 448 g/mol. The van der Waals surface area contributed by atoms with Crippen LogP contribution in [0.2, 0.25) is 0 Å². The van der Waals surface area contributed by atoms with Gasteiger partial charge in [-0.3, -0.25) is 4.40 Å². The fourth-order valence-electron chi connectivity index (χ4n) is 4.64. The Bertz CT molecular complexity index is 1300. The van der Waals surface area contributed by atoms with E-state index < -0.39 is 5.60 Å². The summed E-state index contributed by atoms with van der Waals surface area (Å²) in [5, 5.41) is 3.04. The maximum Gasteiger partial charge on any atom is 0.407 e. The number of benzene rings is 1. The lowest BCUT2D eigenvalue weighted by molar-refractivity contribution is 0.0505. The van der Waals surface area contributed by atoms with Gasteiger partial charge in [-0.25, -0.2) is 14.8 Å². The van der Waals surface area contributed by atoms with Crippen LogP contribution in [0.4, 0.5) is 4.79 Å². The fraction of sp³-hybridized carbons (Fsp3) is 0.400. The molecular formula is C25H29N5O3. The van der Waals surface area contributed by atoms with E-state index in [0.29, 0.717) is 0 Å². The van der Waals surface area contributed by atoms with Gasteiger partial charge < -0.3 is 19.8 Å². The minimum Gasteiger partial charge on any atom is -0.497 e. The van der Waals surface area contributed by atoms with Gasteiger partial charge in [0.15, 0.2) is 5.65 Å². The molecule has 8 nitrogen and oxygen atoms in total. The highest BCUT2D eigenvalue weighted by Crippen LogP contribution is 2.38. The van der Waals surface area contributed by atoms with E-state index in [9.17, 15) is 4.79 Å². The Kier molecular flexibility index (Phi) is 5.23. The van der Waals surface area contributed by atoms with Crippen molar-refractivity contribution >= 4 is 22.8 Å². The fourth-order valence-corrected chi connectivity index (χ4v) is 4.64. The number of hydrogen-bond donors (Lipinski definition) is 2. The number of imidazole rings is 1. The summed E-state index contributed by atoms with van der Waals surface area (Å²) in [5.74, 6) is 2.02. The summed E-state index contributed by atoms with van der Waals surface area (Å²) in [5.41, 5.74) is 4.18. The molecule has 1 amide bonds. The topological polar surface area (TPSA) is 93.5 Å². The van der Waals surface area contributed by atoms with Crippen molar-refractivity contribution < 1.29 is 14.3 Å². The molecule has 1 aliphatic rings. The van der Waals surface area contributed by atoms with Gasteiger partial charge in [-0.2, -0.15) is 0 Å². The van der Waals surface area contributed by atoms with Crippen LogP contribution >= 0.6 is 0 Å². The lowest BCUT2D eigenvalue weighted by Crippen LogP contribution is -2.37. The van der Waals surface area contributed by atoms with E-state index in [1.165, 1.54) is 0 Å². The number of carbonyl (C=O) groups excluding carboxylic acids is 1. The van der Waals surface area contributed by atoms with Crippen LogP contribution < -0.4 is 10.1 Å². The zero-order valence-corrected chi connectivity index (χ0v) is 19.4. The number of aromatic nitrogens is 4. The van der Waals surface area contributed by atoms with E-state index in [-0.39, 0.29) is 18.1 Å². The van der Waals surface area contributed by atoms with Gasteiger partial charge in [-0.05, 0) is 70.4 Å². The van der Waals surface area contributed by atoms with Gasteiger partial charge in [0, 0.05) is 23.7 Å². The lowest BCUT2D eigenvalue weighted by Gasteiger charge is -2.21. The maximum absolute atomic E-state index is 12.3. The van der Waals surface area contributed by atoms with Crippen LogP contribution in [0, 0.1) is 0 Å². The first-order chi connectivity index (χ1) is 15.8. The molecule has 2 N–H and O–H groups in total. The van der Waals surface area contributed by atoms with Gasteiger partial charge in [0.25, 0.3) is 0 Å². The molecule has 4 aromatic rings. The minimum absolute atomic E-state index is 0.0604. The number of nitrogens with one attached hydrogen (secondary N) is 2. The molecule has 0 saturated heterocycles. The van der Waals surface area contributed by atoms with Gasteiger partial charge >= 0.3 is 6.09 Å². The molecule has 3 heterocycles. The summed E-state index contributed by atoms with van der Waals surface area (Å²) < 4.78 is 13.0. The van der Waals surface area contributed by atoms with Crippen LogP contribution in [0.15, 0.2) is 42.7 Å². The molecule has 172 valence electrons. The molecule has 1 aromatic carbocycles. The molecule has 0 radical (unpaired) electrons. The quantitative estimate of drug-likeness (QED) is 0.457. The zero-order valence-electron chi connectivity index (χ0n) is 19.4. The zero-order chi connectivity index (χ0) is 23.2. The van der Waals surface area contributed by atoms with Crippen molar-refractivity contribution in [3.63, 3.8) is 0 Å². The number of carbonyl (C=O) groups is 1. The molecule has 3 aromatic heterocycles. The number of methoxy groups -OCH3 is 1. The molecule has 0 bridgehead atoms. The first-order valence-electron chi connectivity index (χ1n) is 11.3. The number of fused-ring (bicyclic) bond motifs is 3. The highest BCUT2D eigenvalue weighted by Gasteiger charge is 2.32. The Hall–Kier alpha value is -3.55. The van der Waals surface area contributed by atoms with Crippen LogP contribution in [0.25, 0.3) is 27.9 Å². The molecule has 1 fully saturated rings. The van der Waals surface area contributed by atoms with Gasteiger partial charge in [-0.15, -0.1) is 0 Å². The van der Waals surface area contributed by atoms with E-state index in [1.807, 2.05) is 63.5 Å².